The molecule has 10 heteroatoms. The zero-order valence-electron chi connectivity index (χ0n) is 17.2. The van der Waals surface area contributed by atoms with Gasteiger partial charge in [-0.05, 0) is 41.5 Å². The first-order valence-electron chi connectivity index (χ1n) is 10.2. The quantitative estimate of drug-likeness (QED) is 0.253. The van der Waals surface area contributed by atoms with Crippen molar-refractivity contribution in [3.05, 3.63) is 60.4 Å². The number of morpholine rings is 1. The molecule has 5 rings (SSSR count). The largest absolute Gasteiger partial charge is 0.378 e. The minimum atomic E-state index is -0.462. The molecule has 162 valence electrons. The maximum atomic E-state index is 12.1. The Morgan fingerprint density at radius 3 is 2.53 bits per heavy atom. The molecule has 0 radical (unpaired) electrons. The average Bonchev–Trinajstić information content (AvgIpc) is 3.38. The summed E-state index contributed by atoms with van der Waals surface area (Å²) in [4.78, 5) is 23.8. The van der Waals surface area contributed by atoms with Gasteiger partial charge in [-0.1, -0.05) is 12.1 Å². The van der Waals surface area contributed by atoms with Crippen LogP contribution < -0.4 is 16.6 Å². The summed E-state index contributed by atoms with van der Waals surface area (Å²) in [6.07, 6.45) is 3.45. The molecular weight excluding hydrogens is 408 g/mol. The minimum absolute atomic E-state index is 0.408. The van der Waals surface area contributed by atoms with Crippen LogP contribution in [0.15, 0.2) is 54.9 Å². The summed E-state index contributed by atoms with van der Waals surface area (Å²) in [5.74, 6) is 11.1. The van der Waals surface area contributed by atoms with E-state index in [9.17, 15) is 4.79 Å². The molecule has 1 amide bonds. The minimum Gasteiger partial charge on any atom is -0.378 e. The van der Waals surface area contributed by atoms with Crippen molar-refractivity contribution in [2.45, 2.75) is 0 Å². The van der Waals surface area contributed by atoms with E-state index in [0.29, 0.717) is 23.9 Å². The number of aromatic amines is 1. The highest BCUT2D eigenvalue weighted by atomic mass is 16.5. The number of carbonyl (C=O) groups is 1. The third kappa shape index (κ3) is 3.66. The van der Waals surface area contributed by atoms with Gasteiger partial charge < -0.3 is 9.64 Å². The summed E-state index contributed by atoms with van der Waals surface area (Å²) in [7, 11) is 0. The van der Waals surface area contributed by atoms with Crippen molar-refractivity contribution in [2.75, 3.05) is 31.2 Å². The van der Waals surface area contributed by atoms with Crippen molar-refractivity contribution in [3.8, 4) is 22.5 Å². The SMILES string of the molecule is NN(N)C(=O)c1ccc(-c2cc(N3CCOCC3)nc3c(-c4ccn[nH]4)nccc23)cc1. The fraction of sp³-hybridized carbons (Fsp3) is 0.182. The van der Waals surface area contributed by atoms with Crippen LogP contribution >= 0.6 is 0 Å². The van der Waals surface area contributed by atoms with Gasteiger partial charge in [0.25, 0.3) is 5.91 Å². The monoisotopic (exact) mass is 430 g/mol. The second-order valence-electron chi connectivity index (χ2n) is 7.44. The van der Waals surface area contributed by atoms with Crippen LogP contribution in [0, 0.1) is 0 Å². The molecule has 1 aliphatic heterocycles. The van der Waals surface area contributed by atoms with Crippen molar-refractivity contribution in [2.24, 2.45) is 11.7 Å². The number of benzene rings is 1. The van der Waals surface area contributed by atoms with E-state index in [2.05, 4.69) is 26.1 Å². The molecule has 3 aromatic heterocycles. The van der Waals surface area contributed by atoms with E-state index in [1.54, 1.807) is 24.5 Å². The molecule has 10 nitrogen and oxygen atoms in total. The molecule has 1 aromatic carbocycles. The lowest BCUT2D eigenvalue weighted by Gasteiger charge is -2.28. The van der Waals surface area contributed by atoms with Crippen LogP contribution in [0.1, 0.15) is 10.4 Å². The highest BCUT2D eigenvalue weighted by molar-refractivity contribution is 6.02. The lowest BCUT2D eigenvalue weighted by molar-refractivity contribution is 0.0755. The molecule has 0 spiro atoms. The molecule has 0 saturated carbocycles. The summed E-state index contributed by atoms with van der Waals surface area (Å²) in [5, 5.41) is 8.57. The second-order valence-corrected chi connectivity index (χ2v) is 7.44. The number of nitrogens with one attached hydrogen (secondary N) is 1. The van der Waals surface area contributed by atoms with Crippen molar-refractivity contribution in [1.82, 2.24) is 25.3 Å². The summed E-state index contributed by atoms with van der Waals surface area (Å²) < 4.78 is 5.51. The molecule has 32 heavy (non-hydrogen) atoms. The molecule has 1 saturated heterocycles. The van der Waals surface area contributed by atoms with Gasteiger partial charge in [-0.3, -0.25) is 14.9 Å². The number of H-pyrrole nitrogens is 1. The average molecular weight is 430 g/mol. The number of nitrogens with two attached hydrogens (primary N) is 2. The first-order valence-corrected chi connectivity index (χ1v) is 10.2. The van der Waals surface area contributed by atoms with E-state index >= 15 is 0 Å². The Bertz CT molecular complexity index is 1250. The lowest BCUT2D eigenvalue weighted by atomic mass is 9.99. The van der Waals surface area contributed by atoms with Gasteiger partial charge in [-0.15, -0.1) is 0 Å². The van der Waals surface area contributed by atoms with Gasteiger partial charge in [0.15, 0.2) is 0 Å². The van der Waals surface area contributed by atoms with Crippen LogP contribution in [0.25, 0.3) is 33.4 Å². The summed E-state index contributed by atoms with van der Waals surface area (Å²) in [6.45, 7) is 2.82. The molecule has 1 aliphatic rings. The molecule has 5 N–H and O–H groups in total. The number of rotatable bonds is 4. The molecule has 0 aliphatic carbocycles. The molecular formula is C22H22N8O2. The van der Waals surface area contributed by atoms with Gasteiger partial charge in [0.1, 0.15) is 17.0 Å². The van der Waals surface area contributed by atoms with Crippen LogP contribution in [-0.4, -0.2) is 57.5 Å². The Labute approximate surface area is 183 Å². The number of anilines is 1. The van der Waals surface area contributed by atoms with Crippen LogP contribution in [-0.2, 0) is 4.74 Å². The smallest absolute Gasteiger partial charge is 0.282 e. The molecule has 0 unspecified atom stereocenters. The van der Waals surface area contributed by atoms with Crippen molar-refractivity contribution in [1.29, 1.82) is 0 Å². The van der Waals surface area contributed by atoms with Crippen LogP contribution in [0.3, 0.4) is 0 Å². The number of aromatic nitrogens is 4. The van der Waals surface area contributed by atoms with Gasteiger partial charge in [0.05, 0.1) is 18.9 Å². The van der Waals surface area contributed by atoms with Gasteiger partial charge in [-0.25, -0.2) is 21.8 Å². The highest BCUT2D eigenvalue weighted by Gasteiger charge is 2.19. The van der Waals surface area contributed by atoms with Crippen LogP contribution in [0.5, 0.6) is 0 Å². The number of amides is 1. The lowest BCUT2D eigenvalue weighted by Crippen LogP contribution is -2.43. The molecule has 1 fully saturated rings. The summed E-state index contributed by atoms with van der Waals surface area (Å²) in [6, 6.07) is 13.1. The number of hydrazine groups is 2. The second kappa shape index (κ2) is 8.35. The van der Waals surface area contributed by atoms with E-state index in [1.807, 2.05) is 24.3 Å². The Morgan fingerprint density at radius 1 is 1.06 bits per heavy atom. The third-order valence-electron chi connectivity index (χ3n) is 5.48. The normalized spacial score (nSPS) is 14.0. The Balaban J connectivity index is 1.68. The first-order chi connectivity index (χ1) is 15.6. The summed E-state index contributed by atoms with van der Waals surface area (Å²) in [5.41, 5.74) is 4.61. The maximum Gasteiger partial charge on any atom is 0.282 e. The molecule has 4 heterocycles. The van der Waals surface area contributed by atoms with E-state index in [1.165, 1.54) is 0 Å². The Morgan fingerprint density at radius 2 is 1.84 bits per heavy atom. The number of pyridine rings is 2. The van der Waals surface area contributed by atoms with Crippen LogP contribution in [0.2, 0.25) is 0 Å². The van der Waals surface area contributed by atoms with Gasteiger partial charge >= 0.3 is 0 Å². The number of hydrogen-bond acceptors (Lipinski definition) is 8. The molecule has 0 bridgehead atoms. The van der Waals surface area contributed by atoms with Crippen molar-refractivity contribution < 1.29 is 9.53 Å². The zero-order chi connectivity index (χ0) is 22.1. The fourth-order valence-corrected chi connectivity index (χ4v) is 3.86. The van der Waals surface area contributed by atoms with Gasteiger partial charge in [-0.2, -0.15) is 5.10 Å². The van der Waals surface area contributed by atoms with E-state index in [0.717, 1.165) is 52.3 Å². The Kier molecular flexibility index (Phi) is 5.23. The van der Waals surface area contributed by atoms with E-state index < -0.39 is 5.91 Å². The third-order valence-corrected chi connectivity index (χ3v) is 5.48. The number of nitrogens with zero attached hydrogens (tertiary/aromatic N) is 5. The molecule has 4 aromatic rings. The summed E-state index contributed by atoms with van der Waals surface area (Å²) >= 11 is 0. The maximum absolute atomic E-state index is 12.1. The van der Waals surface area contributed by atoms with E-state index in [4.69, 9.17) is 21.4 Å². The van der Waals surface area contributed by atoms with Gasteiger partial charge in [0, 0.05) is 36.4 Å². The zero-order valence-corrected chi connectivity index (χ0v) is 17.2. The first kappa shape index (κ1) is 20.1. The highest BCUT2D eigenvalue weighted by Crippen LogP contribution is 2.35. The van der Waals surface area contributed by atoms with Gasteiger partial charge in [0.2, 0.25) is 0 Å². The molecule has 0 atom stereocenters. The predicted molar refractivity (Wildman–Crippen MR) is 120 cm³/mol. The number of fused-ring (bicyclic) bond motifs is 1. The number of ether oxygens (including phenoxy) is 1. The fourth-order valence-electron chi connectivity index (χ4n) is 3.86. The Hall–Kier alpha value is -3.86. The predicted octanol–water partition coefficient (Wildman–Crippen LogP) is 1.71. The van der Waals surface area contributed by atoms with Crippen molar-refractivity contribution >= 4 is 22.6 Å². The van der Waals surface area contributed by atoms with Crippen molar-refractivity contribution in [3.63, 3.8) is 0 Å². The number of carbonyl (C=O) groups excluding carboxylic acids is 1. The topological polar surface area (TPSA) is 139 Å². The number of hydrogen-bond donors (Lipinski definition) is 3. The van der Waals surface area contributed by atoms with E-state index in [-0.39, 0.29) is 0 Å². The standard InChI is InChI=1S/C22H22N8O2/c23-30(24)22(31)15-3-1-14(2-4-15)17-13-19(29-9-11-32-12-10-29)27-20-16(17)5-7-25-21(20)18-6-8-26-28-18/h1-8,13H,9-12,23-24H2,(H,26,28). The van der Waals surface area contributed by atoms with Crippen LogP contribution in [0.4, 0.5) is 5.82 Å².